The van der Waals surface area contributed by atoms with Crippen LogP contribution in [0.2, 0.25) is 0 Å². The third-order valence-corrected chi connectivity index (χ3v) is 4.05. The molecule has 0 saturated heterocycles. The lowest BCUT2D eigenvalue weighted by atomic mass is 10.1. The van der Waals surface area contributed by atoms with Crippen LogP contribution in [0.4, 0.5) is 4.79 Å². The number of amides is 1. The maximum atomic E-state index is 12.6. The summed E-state index contributed by atoms with van der Waals surface area (Å²) >= 11 is 0. The summed E-state index contributed by atoms with van der Waals surface area (Å²) in [7, 11) is 0. The number of carbonyl (C=O) groups is 2. The molecule has 0 spiro atoms. The standard InChI is InChI=1S/C21H20N2O6/c24-18-11-12-19(25)23(18)29-20(26)17(13-15-7-3-1-4-8-15)22-21(27)28-14-16-9-5-2-6-10-16/h1-12,17,24-25H,13-14H2,(H,22,27)/t17-/m1/s1. The second-order valence-corrected chi connectivity index (χ2v) is 6.20. The van der Waals surface area contributed by atoms with Gasteiger partial charge in [-0.1, -0.05) is 60.7 Å². The summed E-state index contributed by atoms with van der Waals surface area (Å²) < 4.78 is 5.73. The normalized spacial score (nSPS) is 11.4. The molecule has 29 heavy (non-hydrogen) atoms. The Morgan fingerprint density at radius 3 is 2.00 bits per heavy atom. The Kier molecular flexibility index (Phi) is 6.36. The fraction of sp³-hybridized carbons (Fsp3) is 0.143. The van der Waals surface area contributed by atoms with E-state index in [0.717, 1.165) is 23.3 Å². The van der Waals surface area contributed by atoms with Crippen LogP contribution < -0.4 is 10.2 Å². The molecule has 1 heterocycles. The molecule has 2 aromatic carbocycles. The molecule has 0 aliphatic heterocycles. The Bertz CT molecular complexity index is 936. The van der Waals surface area contributed by atoms with Gasteiger partial charge in [-0.05, 0) is 11.1 Å². The third-order valence-electron chi connectivity index (χ3n) is 4.05. The van der Waals surface area contributed by atoms with Crippen molar-refractivity contribution in [2.75, 3.05) is 0 Å². The van der Waals surface area contributed by atoms with E-state index in [4.69, 9.17) is 9.57 Å². The molecule has 8 heteroatoms. The zero-order chi connectivity index (χ0) is 20.6. The molecule has 1 aromatic heterocycles. The minimum Gasteiger partial charge on any atom is -0.492 e. The molecule has 0 aliphatic carbocycles. The molecule has 0 unspecified atom stereocenters. The number of benzene rings is 2. The topological polar surface area (TPSA) is 110 Å². The average molecular weight is 396 g/mol. The van der Waals surface area contributed by atoms with E-state index in [2.05, 4.69) is 5.32 Å². The van der Waals surface area contributed by atoms with Crippen molar-refractivity contribution in [3.05, 3.63) is 83.9 Å². The minimum atomic E-state index is -1.11. The van der Waals surface area contributed by atoms with Crippen molar-refractivity contribution in [1.82, 2.24) is 10.0 Å². The molecule has 0 aliphatic rings. The maximum absolute atomic E-state index is 12.6. The predicted octanol–water partition coefficient (Wildman–Crippen LogP) is 2.39. The van der Waals surface area contributed by atoms with Crippen molar-refractivity contribution in [3.63, 3.8) is 0 Å². The van der Waals surface area contributed by atoms with Crippen LogP contribution in [0, 0.1) is 0 Å². The van der Waals surface area contributed by atoms with Crippen molar-refractivity contribution < 1.29 is 29.4 Å². The SMILES string of the molecule is O=C(N[C@H](Cc1ccccc1)C(=O)On1c(O)ccc1O)OCc1ccccc1. The van der Waals surface area contributed by atoms with Crippen LogP contribution in [0.5, 0.6) is 11.8 Å². The molecule has 0 saturated carbocycles. The number of hydrogen-bond donors (Lipinski definition) is 3. The maximum Gasteiger partial charge on any atom is 0.408 e. The smallest absolute Gasteiger partial charge is 0.408 e. The monoisotopic (exact) mass is 396 g/mol. The van der Waals surface area contributed by atoms with Crippen molar-refractivity contribution in [3.8, 4) is 11.8 Å². The number of aromatic hydroxyl groups is 2. The highest BCUT2D eigenvalue weighted by Gasteiger charge is 2.26. The Labute approximate surface area is 166 Å². The lowest BCUT2D eigenvalue weighted by Crippen LogP contribution is -2.46. The molecular weight excluding hydrogens is 376 g/mol. The second kappa shape index (κ2) is 9.32. The van der Waals surface area contributed by atoms with Gasteiger partial charge in [-0.3, -0.25) is 0 Å². The summed E-state index contributed by atoms with van der Waals surface area (Å²) in [5, 5.41) is 21.8. The number of hydrogen-bond acceptors (Lipinski definition) is 6. The molecule has 3 rings (SSSR count). The van der Waals surface area contributed by atoms with Crippen LogP contribution in [-0.2, 0) is 22.6 Å². The molecule has 1 atom stereocenters. The van der Waals surface area contributed by atoms with Gasteiger partial charge in [0.05, 0.1) is 0 Å². The Morgan fingerprint density at radius 1 is 0.862 bits per heavy atom. The molecule has 3 N–H and O–H groups in total. The van der Waals surface area contributed by atoms with Crippen molar-refractivity contribution in [2.24, 2.45) is 0 Å². The summed E-state index contributed by atoms with van der Waals surface area (Å²) in [6.45, 7) is 0.0406. The number of nitrogens with one attached hydrogen (secondary N) is 1. The van der Waals surface area contributed by atoms with Gasteiger partial charge < -0.3 is 25.1 Å². The number of rotatable bonds is 7. The van der Waals surface area contributed by atoms with Gasteiger partial charge in [0.15, 0.2) is 0 Å². The fourth-order valence-corrected chi connectivity index (χ4v) is 2.60. The van der Waals surface area contributed by atoms with Gasteiger partial charge in [-0.2, -0.15) is 0 Å². The largest absolute Gasteiger partial charge is 0.492 e. The van der Waals surface area contributed by atoms with Gasteiger partial charge >= 0.3 is 12.1 Å². The van der Waals surface area contributed by atoms with Crippen LogP contribution in [0.3, 0.4) is 0 Å². The van der Waals surface area contributed by atoms with Gasteiger partial charge in [-0.25, -0.2) is 9.59 Å². The lowest BCUT2D eigenvalue weighted by Gasteiger charge is -2.18. The molecule has 3 aromatic rings. The Balaban J connectivity index is 1.68. The van der Waals surface area contributed by atoms with E-state index in [1.807, 2.05) is 24.3 Å². The predicted molar refractivity (Wildman–Crippen MR) is 103 cm³/mol. The van der Waals surface area contributed by atoms with Gasteiger partial charge in [0, 0.05) is 18.6 Å². The number of alkyl carbamates (subject to hydrolysis) is 1. The van der Waals surface area contributed by atoms with Crippen molar-refractivity contribution >= 4 is 12.1 Å². The first-order valence-electron chi connectivity index (χ1n) is 8.86. The van der Waals surface area contributed by atoms with Crippen LogP contribution in [0.25, 0.3) is 0 Å². The number of ether oxygens (including phenoxy) is 1. The number of aromatic nitrogens is 1. The molecule has 0 bridgehead atoms. The number of nitrogens with zero attached hydrogens (tertiary/aromatic N) is 1. The molecular formula is C21H20N2O6. The van der Waals surface area contributed by atoms with Crippen molar-refractivity contribution in [2.45, 2.75) is 19.1 Å². The summed E-state index contributed by atoms with van der Waals surface area (Å²) in [6.07, 6.45) is -0.671. The molecule has 0 fully saturated rings. The van der Waals surface area contributed by atoms with Gasteiger partial charge in [-0.15, -0.1) is 4.73 Å². The third kappa shape index (κ3) is 5.52. The first kappa shape index (κ1) is 19.8. The zero-order valence-electron chi connectivity index (χ0n) is 15.4. The molecule has 0 radical (unpaired) electrons. The zero-order valence-corrected chi connectivity index (χ0v) is 15.4. The fourth-order valence-electron chi connectivity index (χ4n) is 2.60. The van der Waals surface area contributed by atoms with E-state index >= 15 is 0 Å². The second-order valence-electron chi connectivity index (χ2n) is 6.20. The van der Waals surface area contributed by atoms with Crippen LogP contribution >= 0.6 is 0 Å². The summed E-state index contributed by atoms with van der Waals surface area (Å²) in [6, 6.07) is 19.3. The van der Waals surface area contributed by atoms with Gasteiger partial charge in [0.1, 0.15) is 12.6 Å². The highest BCUT2D eigenvalue weighted by atomic mass is 16.7. The van der Waals surface area contributed by atoms with E-state index in [0.29, 0.717) is 4.73 Å². The molecule has 1 amide bonds. The lowest BCUT2D eigenvalue weighted by molar-refractivity contribution is -0.147. The molecule has 8 nitrogen and oxygen atoms in total. The van der Waals surface area contributed by atoms with E-state index in [9.17, 15) is 19.8 Å². The summed E-state index contributed by atoms with van der Waals surface area (Å²) in [4.78, 5) is 29.8. The van der Waals surface area contributed by atoms with E-state index in [-0.39, 0.29) is 13.0 Å². The van der Waals surface area contributed by atoms with Crippen LogP contribution in [0.15, 0.2) is 72.8 Å². The first-order chi connectivity index (χ1) is 14.0. The summed E-state index contributed by atoms with van der Waals surface area (Å²) in [5.41, 5.74) is 1.57. The van der Waals surface area contributed by atoms with E-state index in [1.54, 1.807) is 36.4 Å². The minimum absolute atomic E-state index is 0.0406. The Morgan fingerprint density at radius 2 is 1.41 bits per heavy atom. The van der Waals surface area contributed by atoms with E-state index in [1.165, 1.54) is 0 Å². The van der Waals surface area contributed by atoms with Gasteiger partial charge in [0.25, 0.3) is 0 Å². The Hall–Kier alpha value is -3.94. The molecule has 150 valence electrons. The van der Waals surface area contributed by atoms with Crippen molar-refractivity contribution in [1.29, 1.82) is 0 Å². The first-order valence-corrected chi connectivity index (χ1v) is 8.86. The van der Waals surface area contributed by atoms with Crippen LogP contribution in [0.1, 0.15) is 11.1 Å². The van der Waals surface area contributed by atoms with Crippen LogP contribution in [-0.4, -0.2) is 33.0 Å². The highest BCUT2D eigenvalue weighted by molar-refractivity contribution is 5.82. The average Bonchev–Trinajstić information content (AvgIpc) is 3.05. The summed E-state index contributed by atoms with van der Waals surface area (Å²) in [5.74, 6) is -1.80. The quantitative estimate of drug-likeness (QED) is 0.566. The number of carbonyl (C=O) groups excluding carboxylic acids is 2. The van der Waals surface area contributed by atoms with Gasteiger partial charge in [0.2, 0.25) is 11.8 Å². The highest BCUT2D eigenvalue weighted by Crippen LogP contribution is 2.19. The van der Waals surface area contributed by atoms with E-state index < -0.39 is 29.9 Å².